The first-order valence-electron chi connectivity index (χ1n) is 6.43. The van der Waals surface area contributed by atoms with Crippen molar-refractivity contribution in [3.05, 3.63) is 23.8 Å². The predicted molar refractivity (Wildman–Crippen MR) is 71.8 cm³/mol. The second-order valence-electron chi connectivity index (χ2n) is 4.32. The Morgan fingerprint density at radius 3 is 2.83 bits per heavy atom. The minimum Gasteiger partial charge on any atom is -0.486 e. The lowest BCUT2D eigenvalue weighted by Crippen LogP contribution is -2.17. The average Bonchev–Trinajstić information content (AvgIpc) is 2.42. The molecule has 0 amide bonds. The highest BCUT2D eigenvalue weighted by molar-refractivity contribution is 5.43. The molecule has 0 unspecified atom stereocenters. The first-order chi connectivity index (χ1) is 8.90. The minimum absolute atomic E-state index is 0.635. The van der Waals surface area contributed by atoms with Crippen molar-refractivity contribution >= 4 is 0 Å². The van der Waals surface area contributed by atoms with E-state index in [4.69, 9.17) is 15.9 Å². The zero-order valence-corrected chi connectivity index (χ0v) is 10.6. The van der Waals surface area contributed by atoms with Crippen LogP contribution >= 0.6 is 0 Å². The number of hydrogen-bond acceptors (Lipinski definition) is 3. The van der Waals surface area contributed by atoms with Crippen LogP contribution in [0.25, 0.3) is 0 Å². The molecule has 0 bridgehead atoms. The highest BCUT2D eigenvalue weighted by Gasteiger charge is 2.11. The van der Waals surface area contributed by atoms with Crippen molar-refractivity contribution in [2.45, 2.75) is 25.8 Å². The van der Waals surface area contributed by atoms with E-state index in [0.29, 0.717) is 13.2 Å². The first-order valence-corrected chi connectivity index (χ1v) is 6.43. The summed E-state index contributed by atoms with van der Waals surface area (Å²) in [5.74, 6) is 4.35. The minimum atomic E-state index is 0.635. The molecule has 0 aromatic heterocycles. The lowest BCUT2D eigenvalue weighted by Gasteiger charge is -2.19. The number of fused-ring (bicyclic) bond motifs is 1. The Hall–Kier alpha value is -1.66. The van der Waals surface area contributed by atoms with Crippen LogP contribution in [-0.2, 0) is 6.54 Å². The summed E-state index contributed by atoms with van der Waals surface area (Å²) in [6, 6.07) is 6.09. The van der Waals surface area contributed by atoms with Crippen LogP contribution in [-0.4, -0.2) is 19.8 Å². The van der Waals surface area contributed by atoms with Crippen molar-refractivity contribution in [2.24, 2.45) is 0 Å². The zero-order chi connectivity index (χ0) is 12.6. The van der Waals surface area contributed by atoms with Gasteiger partial charge in [0, 0.05) is 13.0 Å². The van der Waals surface area contributed by atoms with Gasteiger partial charge in [-0.25, -0.2) is 0 Å². The largest absolute Gasteiger partial charge is 0.486 e. The highest BCUT2D eigenvalue weighted by Crippen LogP contribution is 2.30. The summed E-state index contributed by atoms with van der Waals surface area (Å²) in [6.45, 7) is 3.12. The molecule has 0 radical (unpaired) electrons. The van der Waals surface area contributed by atoms with E-state index in [1.807, 2.05) is 12.1 Å². The number of nitrogens with one attached hydrogen (secondary N) is 1. The van der Waals surface area contributed by atoms with Crippen LogP contribution in [0.5, 0.6) is 11.5 Å². The lowest BCUT2D eigenvalue weighted by atomic mass is 10.2. The predicted octanol–water partition coefficient (Wildman–Crippen LogP) is 2.35. The number of hydrogen-bond donors (Lipinski definition) is 1. The molecule has 1 heterocycles. The van der Waals surface area contributed by atoms with Crippen molar-refractivity contribution in [2.75, 3.05) is 19.8 Å². The van der Waals surface area contributed by atoms with Gasteiger partial charge in [-0.1, -0.05) is 6.07 Å². The second-order valence-corrected chi connectivity index (χ2v) is 4.32. The maximum atomic E-state index is 5.55. The van der Waals surface area contributed by atoms with Crippen molar-refractivity contribution in [1.82, 2.24) is 5.32 Å². The molecule has 3 nitrogen and oxygen atoms in total. The Labute approximate surface area is 108 Å². The van der Waals surface area contributed by atoms with Crippen molar-refractivity contribution in [3.8, 4) is 23.8 Å². The Balaban J connectivity index is 1.74. The molecule has 3 heteroatoms. The van der Waals surface area contributed by atoms with Gasteiger partial charge >= 0.3 is 0 Å². The molecule has 1 aromatic carbocycles. The first kappa shape index (κ1) is 12.8. The maximum Gasteiger partial charge on any atom is 0.161 e. The van der Waals surface area contributed by atoms with Crippen LogP contribution in [0.15, 0.2) is 18.2 Å². The van der Waals surface area contributed by atoms with E-state index < -0.39 is 0 Å². The summed E-state index contributed by atoms with van der Waals surface area (Å²) in [5.41, 5.74) is 1.22. The zero-order valence-electron chi connectivity index (χ0n) is 10.6. The topological polar surface area (TPSA) is 30.5 Å². The standard InChI is InChI=1S/C15H19NO2/c1-2-3-4-5-8-16-12-13-6-7-14-15(11-13)18-10-9-17-14/h1,6-7,11,16H,3-5,8-10,12H2. The van der Waals surface area contributed by atoms with E-state index >= 15 is 0 Å². The molecular weight excluding hydrogens is 226 g/mol. The SMILES string of the molecule is C#CCCCCNCc1ccc2c(c1)OCCO2. The highest BCUT2D eigenvalue weighted by atomic mass is 16.6. The Morgan fingerprint density at radius 2 is 2.00 bits per heavy atom. The van der Waals surface area contributed by atoms with Gasteiger partial charge in [-0.2, -0.15) is 0 Å². The lowest BCUT2D eigenvalue weighted by molar-refractivity contribution is 0.171. The van der Waals surface area contributed by atoms with Gasteiger partial charge in [0.15, 0.2) is 11.5 Å². The molecule has 0 spiro atoms. The molecule has 0 fully saturated rings. The molecule has 1 aromatic rings. The molecule has 0 saturated carbocycles. The molecule has 1 aliphatic rings. The molecule has 1 N–H and O–H groups in total. The van der Waals surface area contributed by atoms with Gasteiger partial charge in [0.2, 0.25) is 0 Å². The summed E-state index contributed by atoms with van der Waals surface area (Å²) in [6.07, 6.45) is 8.28. The molecule has 0 saturated heterocycles. The Morgan fingerprint density at radius 1 is 1.17 bits per heavy atom. The van der Waals surface area contributed by atoms with Gasteiger partial charge in [-0.15, -0.1) is 12.3 Å². The summed E-state index contributed by atoms with van der Waals surface area (Å²) in [5, 5.41) is 3.40. The summed E-state index contributed by atoms with van der Waals surface area (Å²) >= 11 is 0. The monoisotopic (exact) mass is 245 g/mol. The third kappa shape index (κ3) is 3.68. The molecule has 18 heavy (non-hydrogen) atoms. The fourth-order valence-corrected chi connectivity index (χ4v) is 1.91. The van der Waals surface area contributed by atoms with Gasteiger partial charge in [0.1, 0.15) is 13.2 Å². The van der Waals surface area contributed by atoms with Crippen LogP contribution in [0.4, 0.5) is 0 Å². The van der Waals surface area contributed by atoms with Crippen LogP contribution in [0.2, 0.25) is 0 Å². The fraction of sp³-hybridized carbons (Fsp3) is 0.467. The van der Waals surface area contributed by atoms with Gasteiger partial charge < -0.3 is 14.8 Å². The molecule has 1 aliphatic heterocycles. The van der Waals surface area contributed by atoms with Crippen molar-refractivity contribution in [3.63, 3.8) is 0 Å². The van der Waals surface area contributed by atoms with E-state index in [-0.39, 0.29) is 0 Å². The Kier molecular flexibility index (Phi) is 4.92. The van der Waals surface area contributed by atoms with E-state index in [2.05, 4.69) is 17.3 Å². The van der Waals surface area contributed by atoms with Crippen molar-refractivity contribution < 1.29 is 9.47 Å². The smallest absolute Gasteiger partial charge is 0.161 e. The molecule has 0 atom stereocenters. The van der Waals surface area contributed by atoms with Crippen LogP contribution in [0.1, 0.15) is 24.8 Å². The molecule has 96 valence electrons. The van der Waals surface area contributed by atoms with Crippen molar-refractivity contribution in [1.29, 1.82) is 0 Å². The quantitative estimate of drug-likeness (QED) is 0.616. The maximum absolute atomic E-state index is 5.55. The number of unbranched alkanes of at least 4 members (excludes halogenated alkanes) is 2. The fourth-order valence-electron chi connectivity index (χ4n) is 1.91. The summed E-state index contributed by atoms with van der Waals surface area (Å²) < 4.78 is 11.0. The normalized spacial score (nSPS) is 13.1. The van der Waals surface area contributed by atoms with E-state index in [9.17, 15) is 0 Å². The third-order valence-electron chi connectivity index (χ3n) is 2.86. The Bertz CT molecular complexity index is 423. The molecular formula is C15H19NO2. The molecule has 2 rings (SSSR count). The number of benzene rings is 1. The van der Waals surface area contributed by atoms with Gasteiger partial charge in [0.25, 0.3) is 0 Å². The van der Waals surface area contributed by atoms with Crippen LogP contribution in [0.3, 0.4) is 0 Å². The van der Waals surface area contributed by atoms with Gasteiger partial charge in [0.05, 0.1) is 0 Å². The van der Waals surface area contributed by atoms with E-state index in [1.165, 1.54) is 5.56 Å². The van der Waals surface area contributed by atoms with Crippen LogP contribution < -0.4 is 14.8 Å². The number of terminal acetylenes is 1. The number of ether oxygens (including phenoxy) is 2. The molecule has 0 aliphatic carbocycles. The third-order valence-corrected chi connectivity index (χ3v) is 2.86. The summed E-state index contributed by atoms with van der Waals surface area (Å²) in [4.78, 5) is 0. The van der Waals surface area contributed by atoms with E-state index in [0.717, 1.165) is 43.9 Å². The summed E-state index contributed by atoms with van der Waals surface area (Å²) in [7, 11) is 0. The van der Waals surface area contributed by atoms with E-state index in [1.54, 1.807) is 0 Å². The van der Waals surface area contributed by atoms with Gasteiger partial charge in [-0.3, -0.25) is 0 Å². The van der Waals surface area contributed by atoms with Crippen LogP contribution in [0, 0.1) is 12.3 Å². The van der Waals surface area contributed by atoms with Gasteiger partial charge in [-0.05, 0) is 37.1 Å². The second kappa shape index (κ2) is 6.93. The number of rotatable bonds is 6. The average molecular weight is 245 g/mol.